The number of nitrogens with zero attached hydrogens (tertiary/aromatic N) is 1. The number of rotatable bonds is 5. The molecule has 0 saturated heterocycles. The molecular weight excluding hydrogens is 294 g/mol. The molecule has 1 aliphatic rings. The van der Waals surface area contributed by atoms with Crippen molar-refractivity contribution < 1.29 is 17.9 Å². The highest BCUT2D eigenvalue weighted by atomic mass is 32.2. The third-order valence-corrected chi connectivity index (χ3v) is 4.01. The van der Waals surface area contributed by atoms with Crippen LogP contribution in [0.5, 0.6) is 11.5 Å². The summed E-state index contributed by atoms with van der Waals surface area (Å²) in [6, 6.07) is 5.65. The molecule has 0 unspecified atom stereocenters. The van der Waals surface area contributed by atoms with E-state index in [1.54, 1.807) is 6.20 Å². The number of aromatic nitrogens is 1. The maximum Gasteiger partial charge on any atom is 0.231 e. The average Bonchev–Trinajstić information content (AvgIpc) is 2.87. The van der Waals surface area contributed by atoms with E-state index in [2.05, 4.69) is 10.3 Å². The summed E-state index contributed by atoms with van der Waals surface area (Å²) in [5.74, 6) is 2.02. The number of hydrogen-bond donors (Lipinski definition) is 2. The van der Waals surface area contributed by atoms with Gasteiger partial charge in [0.25, 0.3) is 0 Å². The minimum absolute atomic E-state index is 0.0584. The zero-order valence-corrected chi connectivity index (χ0v) is 12.0. The van der Waals surface area contributed by atoms with E-state index in [4.69, 9.17) is 14.6 Å². The van der Waals surface area contributed by atoms with Gasteiger partial charge in [0.15, 0.2) is 11.5 Å². The molecule has 1 aliphatic heterocycles. The van der Waals surface area contributed by atoms with E-state index in [0.29, 0.717) is 30.3 Å². The van der Waals surface area contributed by atoms with Crippen LogP contribution in [0.25, 0.3) is 10.8 Å². The fourth-order valence-corrected chi connectivity index (χ4v) is 2.73. The van der Waals surface area contributed by atoms with Gasteiger partial charge in [0.05, 0.1) is 5.75 Å². The Labute approximate surface area is 122 Å². The topological polar surface area (TPSA) is 104 Å². The lowest BCUT2D eigenvalue weighted by Crippen LogP contribution is -2.18. The molecule has 0 radical (unpaired) electrons. The predicted molar refractivity (Wildman–Crippen MR) is 78.9 cm³/mol. The number of hydrogen-bond acceptors (Lipinski definition) is 6. The summed E-state index contributed by atoms with van der Waals surface area (Å²) in [5, 5.41) is 9.96. The van der Waals surface area contributed by atoms with Gasteiger partial charge < -0.3 is 14.8 Å². The number of ether oxygens (including phenoxy) is 2. The molecule has 0 saturated carbocycles. The SMILES string of the molecule is NS(=O)(=O)CCCNc1nccc2cc3c(cc12)OCO3. The first kappa shape index (κ1) is 13.9. The van der Waals surface area contributed by atoms with Crippen LogP contribution in [0.2, 0.25) is 0 Å². The molecule has 7 nitrogen and oxygen atoms in total. The van der Waals surface area contributed by atoms with Crippen molar-refractivity contribution >= 4 is 26.6 Å². The van der Waals surface area contributed by atoms with Gasteiger partial charge in [-0.05, 0) is 30.0 Å². The lowest BCUT2D eigenvalue weighted by molar-refractivity contribution is 0.174. The molecule has 0 fully saturated rings. The molecular formula is C13H15N3O4S. The third-order valence-electron chi connectivity index (χ3n) is 3.16. The van der Waals surface area contributed by atoms with Crippen molar-refractivity contribution in [2.75, 3.05) is 24.4 Å². The Morgan fingerprint density at radius 2 is 2.05 bits per heavy atom. The van der Waals surface area contributed by atoms with Crippen molar-refractivity contribution in [3.8, 4) is 11.5 Å². The average molecular weight is 309 g/mol. The van der Waals surface area contributed by atoms with Gasteiger partial charge in [-0.2, -0.15) is 0 Å². The number of nitrogens with one attached hydrogen (secondary N) is 1. The van der Waals surface area contributed by atoms with Crippen LogP contribution in [-0.4, -0.2) is 32.5 Å². The molecule has 1 aromatic heterocycles. The molecule has 2 aromatic rings. The quantitative estimate of drug-likeness (QED) is 0.800. The Morgan fingerprint density at radius 3 is 2.81 bits per heavy atom. The number of primary sulfonamides is 1. The molecule has 0 spiro atoms. The summed E-state index contributed by atoms with van der Waals surface area (Å²) in [5.41, 5.74) is 0. The van der Waals surface area contributed by atoms with Crippen LogP contribution in [-0.2, 0) is 10.0 Å². The van der Waals surface area contributed by atoms with Crippen molar-refractivity contribution in [2.24, 2.45) is 5.14 Å². The van der Waals surface area contributed by atoms with Crippen LogP contribution in [0.1, 0.15) is 6.42 Å². The Hall–Kier alpha value is -2.06. The first-order valence-electron chi connectivity index (χ1n) is 6.46. The Kier molecular flexibility index (Phi) is 3.56. The van der Waals surface area contributed by atoms with Gasteiger partial charge in [0, 0.05) is 18.1 Å². The molecule has 2 heterocycles. The molecule has 0 aliphatic carbocycles. The first-order chi connectivity index (χ1) is 10.0. The van der Waals surface area contributed by atoms with E-state index >= 15 is 0 Å². The van der Waals surface area contributed by atoms with Crippen molar-refractivity contribution in [1.82, 2.24) is 4.98 Å². The fraction of sp³-hybridized carbons (Fsp3) is 0.308. The zero-order chi connectivity index (χ0) is 14.9. The van der Waals surface area contributed by atoms with Gasteiger partial charge in [0.2, 0.25) is 16.8 Å². The van der Waals surface area contributed by atoms with Gasteiger partial charge in [-0.15, -0.1) is 0 Å². The van der Waals surface area contributed by atoms with E-state index < -0.39 is 10.0 Å². The van der Waals surface area contributed by atoms with Crippen molar-refractivity contribution in [3.05, 3.63) is 24.4 Å². The Bertz CT molecular complexity index is 776. The normalized spacial score (nSPS) is 13.6. The van der Waals surface area contributed by atoms with Crippen LogP contribution in [0.4, 0.5) is 5.82 Å². The van der Waals surface area contributed by atoms with Crippen LogP contribution in [0.3, 0.4) is 0 Å². The number of benzene rings is 1. The molecule has 112 valence electrons. The predicted octanol–water partition coefficient (Wildman–Crippen LogP) is 1.05. The lowest BCUT2D eigenvalue weighted by atomic mass is 10.1. The lowest BCUT2D eigenvalue weighted by Gasteiger charge is -2.09. The molecule has 3 N–H and O–H groups in total. The standard InChI is InChI=1S/C13H15N3O4S/c14-21(17,18)5-1-3-15-13-10-7-12-11(19-8-20-12)6-9(10)2-4-16-13/h2,4,6-7H,1,3,5,8H2,(H,15,16)(H2,14,17,18). The largest absolute Gasteiger partial charge is 0.454 e. The smallest absolute Gasteiger partial charge is 0.231 e. The summed E-state index contributed by atoms with van der Waals surface area (Å²) >= 11 is 0. The van der Waals surface area contributed by atoms with Gasteiger partial charge >= 0.3 is 0 Å². The molecule has 1 aromatic carbocycles. The zero-order valence-electron chi connectivity index (χ0n) is 11.2. The van der Waals surface area contributed by atoms with E-state index in [9.17, 15) is 8.42 Å². The van der Waals surface area contributed by atoms with Crippen molar-refractivity contribution in [2.45, 2.75) is 6.42 Å². The van der Waals surface area contributed by atoms with Crippen LogP contribution >= 0.6 is 0 Å². The second-order valence-electron chi connectivity index (χ2n) is 4.73. The van der Waals surface area contributed by atoms with Gasteiger partial charge in [-0.3, -0.25) is 0 Å². The van der Waals surface area contributed by atoms with Gasteiger partial charge in [0.1, 0.15) is 5.82 Å². The van der Waals surface area contributed by atoms with Crippen LogP contribution < -0.4 is 19.9 Å². The number of sulfonamides is 1. The summed E-state index contributed by atoms with van der Waals surface area (Å²) in [6.45, 7) is 0.688. The van der Waals surface area contributed by atoms with Gasteiger partial charge in [-0.1, -0.05) is 0 Å². The highest BCUT2D eigenvalue weighted by molar-refractivity contribution is 7.89. The van der Waals surface area contributed by atoms with E-state index in [-0.39, 0.29) is 12.5 Å². The number of anilines is 1. The van der Waals surface area contributed by atoms with E-state index in [1.807, 2.05) is 18.2 Å². The maximum absolute atomic E-state index is 10.9. The molecule has 0 bridgehead atoms. The molecule has 8 heteroatoms. The van der Waals surface area contributed by atoms with Crippen LogP contribution in [0, 0.1) is 0 Å². The summed E-state index contributed by atoms with van der Waals surface area (Å²) < 4.78 is 32.5. The highest BCUT2D eigenvalue weighted by Gasteiger charge is 2.15. The molecule has 21 heavy (non-hydrogen) atoms. The fourth-order valence-electron chi connectivity index (χ4n) is 2.18. The molecule has 0 atom stereocenters. The van der Waals surface area contributed by atoms with Crippen molar-refractivity contribution in [3.63, 3.8) is 0 Å². The second kappa shape index (κ2) is 5.38. The van der Waals surface area contributed by atoms with Gasteiger partial charge in [-0.25, -0.2) is 18.5 Å². The third kappa shape index (κ3) is 3.17. The number of pyridine rings is 1. The summed E-state index contributed by atoms with van der Waals surface area (Å²) in [6.07, 6.45) is 2.11. The summed E-state index contributed by atoms with van der Waals surface area (Å²) in [7, 11) is -3.43. The Morgan fingerprint density at radius 1 is 1.29 bits per heavy atom. The monoisotopic (exact) mass is 309 g/mol. The first-order valence-corrected chi connectivity index (χ1v) is 8.17. The number of fused-ring (bicyclic) bond motifs is 2. The number of nitrogens with two attached hydrogens (primary N) is 1. The summed E-state index contributed by atoms with van der Waals surface area (Å²) in [4.78, 5) is 4.28. The molecule has 3 rings (SSSR count). The minimum atomic E-state index is -3.43. The minimum Gasteiger partial charge on any atom is -0.454 e. The Balaban J connectivity index is 1.79. The van der Waals surface area contributed by atoms with Crippen LogP contribution in [0.15, 0.2) is 24.4 Å². The maximum atomic E-state index is 10.9. The van der Waals surface area contributed by atoms with Crippen molar-refractivity contribution in [1.29, 1.82) is 0 Å². The molecule has 0 amide bonds. The van der Waals surface area contributed by atoms with E-state index in [0.717, 1.165) is 10.8 Å². The highest BCUT2D eigenvalue weighted by Crippen LogP contribution is 2.37. The van der Waals surface area contributed by atoms with E-state index in [1.165, 1.54) is 0 Å². The second-order valence-corrected chi connectivity index (χ2v) is 6.47.